The predicted molar refractivity (Wildman–Crippen MR) is 165 cm³/mol. The monoisotopic (exact) mass is 604 g/mol. The van der Waals surface area contributed by atoms with E-state index in [4.69, 9.17) is 9.47 Å². The van der Waals surface area contributed by atoms with Crippen molar-refractivity contribution in [2.24, 2.45) is 59.2 Å². The largest absolute Gasteiger partial charge is 0.462 e. The molecule has 3 rings (SSSR count). The minimum absolute atomic E-state index is 0.0362. The van der Waals surface area contributed by atoms with E-state index in [-0.39, 0.29) is 71.6 Å². The minimum Gasteiger partial charge on any atom is -0.462 e. The van der Waals surface area contributed by atoms with Crippen LogP contribution in [0, 0.1) is 59.2 Å². The van der Waals surface area contributed by atoms with Gasteiger partial charge in [0.05, 0.1) is 13.2 Å². The van der Waals surface area contributed by atoms with E-state index in [9.17, 15) is 19.2 Å². The average molecular weight is 605 g/mol. The molecule has 0 saturated heterocycles. The van der Waals surface area contributed by atoms with Crippen molar-refractivity contribution in [2.45, 2.75) is 92.1 Å². The molecule has 10 atom stereocenters. The SMILES string of the molecule is C=CC(=O)OCC1C(C)CC(C)C(C(=O)P(=O)(C(=O)C2C(C)CC(C)C(COC(=O)C=C)C2C)C2CCCCC2)C1C. The van der Waals surface area contributed by atoms with Crippen molar-refractivity contribution in [1.82, 2.24) is 0 Å². The highest BCUT2D eigenvalue weighted by Crippen LogP contribution is 2.64. The van der Waals surface area contributed by atoms with Crippen molar-refractivity contribution in [3.8, 4) is 0 Å². The molecule has 0 bridgehead atoms. The molecule has 3 saturated carbocycles. The Hall–Kier alpha value is -2.01. The van der Waals surface area contributed by atoms with Gasteiger partial charge in [0.2, 0.25) is 18.2 Å². The van der Waals surface area contributed by atoms with Gasteiger partial charge in [0.15, 0.2) is 0 Å². The molecule has 8 heteroatoms. The van der Waals surface area contributed by atoms with Crippen LogP contribution in [0.5, 0.6) is 0 Å². The first kappa shape index (κ1) is 34.5. The fourth-order valence-electron chi connectivity index (χ4n) is 8.82. The zero-order valence-corrected chi connectivity index (χ0v) is 27.5. The number of esters is 2. The molecule has 0 aromatic heterocycles. The Morgan fingerprint density at radius 1 is 0.667 bits per heavy atom. The molecule has 3 fully saturated rings. The molecule has 0 aliphatic heterocycles. The molecule has 0 amide bonds. The van der Waals surface area contributed by atoms with Crippen molar-refractivity contribution < 1.29 is 33.2 Å². The van der Waals surface area contributed by atoms with Crippen LogP contribution in [0.2, 0.25) is 0 Å². The Balaban J connectivity index is 1.99. The van der Waals surface area contributed by atoms with E-state index in [1.54, 1.807) is 0 Å². The van der Waals surface area contributed by atoms with Gasteiger partial charge in [-0.05, 0) is 73.0 Å². The van der Waals surface area contributed by atoms with Gasteiger partial charge in [-0.1, -0.05) is 74.0 Å². The molecule has 3 aliphatic rings. The Morgan fingerprint density at radius 2 is 1.05 bits per heavy atom. The van der Waals surface area contributed by atoms with Crippen LogP contribution in [-0.2, 0) is 33.2 Å². The van der Waals surface area contributed by atoms with Crippen molar-refractivity contribution in [1.29, 1.82) is 0 Å². The zero-order valence-electron chi connectivity index (χ0n) is 26.6. The lowest BCUT2D eigenvalue weighted by molar-refractivity contribution is -0.143. The van der Waals surface area contributed by atoms with E-state index in [0.29, 0.717) is 12.8 Å². The fourth-order valence-corrected chi connectivity index (χ4v) is 12.7. The van der Waals surface area contributed by atoms with Gasteiger partial charge in [-0.2, -0.15) is 0 Å². The Bertz CT molecular complexity index is 1000. The number of rotatable bonds is 11. The van der Waals surface area contributed by atoms with Gasteiger partial charge in [-0.15, -0.1) is 0 Å². The minimum atomic E-state index is -3.97. The molecule has 3 aliphatic carbocycles. The quantitative estimate of drug-likeness (QED) is 0.139. The van der Waals surface area contributed by atoms with Crippen LogP contribution in [0.1, 0.15) is 86.5 Å². The van der Waals surface area contributed by atoms with E-state index in [1.807, 2.05) is 27.7 Å². The topological polar surface area (TPSA) is 104 Å². The molecule has 0 spiro atoms. The highest BCUT2D eigenvalue weighted by molar-refractivity contribution is 7.94. The predicted octanol–water partition coefficient (Wildman–Crippen LogP) is 7.28. The van der Waals surface area contributed by atoms with Crippen LogP contribution < -0.4 is 0 Å². The molecule has 0 aromatic rings. The number of carbonyl (C=O) groups is 4. The summed E-state index contributed by atoms with van der Waals surface area (Å²) in [7, 11) is -3.97. The van der Waals surface area contributed by atoms with Crippen molar-refractivity contribution in [2.75, 3.05) is 13.2 Å². The number of carbonyl (C=O) groups excluding carboxylic acids is 4. The molecular weight excluding hydrogens is 551 g/mol. The molecule has 7 nitrogen and oxygen atoms in total. The molecule has 0 aromatic carbocycles. The molecule has 0 N–H and O–H groups in total. The van der Waals surface area contributed by atoms with E-state index in [2.05, 4.69) is 27.0 Å². The van der Waals surface area contributed by atoms with Crippen LogP contribution >= 0.6 is 7.14 Å². The first-order valence-electron chi connectivity index (χ1n) is 16.1. The first-order valence-corrected chi connectivity index (χ1v) is 17.8. The third kappa shape index (κ3) is 7.03. The zero-order chi connectivity index (χ0) is 31.4. The molecular formula is C34H53O7P. The second kappa shape index (κ2) is 14.6. The van der Waals surface area contributed by atoms with Crippen molar-refractivity contribution >= 4 is 30.1 Å². The van der Waals surface area contributed by atoms with E-state index in [0.717, 1.165) is 44.3 Å². The van der Waals surface area contributed by atoms with E-state index >= 15 is 4.57 Å². The maximum Gasteiger partial charge on any atom is 0.330 e. The Kier molecular flexibility index (Phi) is 12.0. The van der Waals surface area contributed by atoms with Gasteiger partial charge in [0.1, 0.15) is 0 Å². The summed E-state index contributed by atoms with van der Waals surface area (Å²) in [5.74, 6) is -2.26. The van der Waals surface area contributed by atoms with Crippen molar-refractivity contribution in [3.63, 3.8) is 0 Å². The lowest BCUT2D eigenvalue weighted by Crippen LogP contribution is -2.47. The lowest BCUT2D eigenvalue weighted by Gasteiger charge is -2.47. The molecule has 42 heavy (non-hydrogen) atoms. The summed E-state index contributed by atoms with van der Waals surface area (Å²) in [5, 5.41) is 0. The van der Waals surface area contributed by atoms with Crippen LogP contribution in [-0.4, -0.2) is 41.9 Å². The summed E-state index contributed by atoms with van der Waals surface area (Å²) in [6, 6.07) is 0. The van der Waals surface area contributed by atoms with Crippen LogP contribution in [0.25, 0.3) is 0 Å². The molecule has 0 heterocycles. The van der Waals surface area contributed by atoms with Crippen LogP contribution in [0.15, 0.2) is 25.3 Å². The number of hydrogen-bond acceptors (Lipinski definition) is 7. The number of hydrogen-bond donors (Lipinski definition) is 0. The van der Waals surface area contributed by atoms with E-state index < -0.39 is 36.6 Å². The van der Waals surface area contributed by atoms with E-state index in [1.165, 1.54) is 0 Å². The van der Waals surface area contributed by atoms with Gasteiger partial charge in [-0.3, -0.25) is 9.59 Å². The number of ether oxygens (including phenoxy) is 2. The summed E-state index contributed by atoms with van der Waals surface area (Å²) in [4.78, 5) is 53.3. The van der Waals surface area contributed by atoms with Crippen LogP contribution in [0.3, 0.4) is 0 Å². The highest BCUT2D eigenvalue weighted by Gasteiger charge is 2.57. The van der Waals surface area contributed by atoms with Crippen molar-refractivity contribution in [3.05, 3.63) is 25.3 Å². The van der Waals surface area contributed by atoms with Gasteiger partial charge >= 0.3 is 11.9 Å². The fraction of sp³-hybridized carbons (Fsp3) is 0.765. The smallest absolute Gasteiger partial charge is 0.330 e. The highest BCUT2D eigenvalue weighted by atomic mass is 31.2. The van der Waals surface area contributed by atoms with Gasteiger partial charge in [0.25, 0.3) is 0 Å². The summed E-state index contributed by atoms with van der Waals surface area (Å²) in [6.07, 6.45) is 7.77. The summed E-state index contributed by atoms with van der Waals surface area (Å²) < 4.78 is 26.3. The van der Waals surface area contributed by atoms with Gasteiger partial charge < -0.3 is 14.0 Å². The second-order valence-electron chi connectivity index (χ2n) is 13.8. The molecule has 10 unspecified atom stereocenters. The maximum atomic E-state index is 15.5. The average Bonchev–Trinajstić information content (AvgIpc) is 2.95. The normalized spacial score (nSPS) is 37.1. The summed E-state index contributed by atoms with van der Waals surface area (Å²) in [5.41, 5.74) is -1.11. The van der Waals surface area contributed by atoms with Gasteiger partial charge in [0, 0.05) is 29.6 Å². The third-order valence-corrected chi connectivity index (χ3v) is 14.6. The molecule has 236 valence electrons. The Morgan fingerprint density at radius 3 is 1.40 bits per heavy atom. The van der Waals surface area contributed by atoms with Crippen LogP contribution in [0.4, 0.5) is 0 Å². The first-order chi connectivity index (χ1) is 19.8. The summed E-state index contributed by atoms with van der Waals surface area (Å²) in [6.45, 7) is 19.6. The molecule has 0 radical (unpaired) electrons. The third-order valence-electron chi connectivity index (χ3n) is 11.1. The Labute approximate surface area is 253 Å². The summed E-state index contributed by atoms with van der Waals surface area (Å²) >= 11 is 0. The second-order valence-corrected chi connectivity index (χ2v) is 16.7. The standard InChI is InChI=1S/C34H53O7P/c1-9-29(35)40-18-27-20(3)16-22(5)31(24(27)7)33(37)42(39,26-14-12-11-13-15-26)34(38)32-23(6)17-21(4)28(25(32)8)19-41-30(36)10-2/h9-10,20-28,31-32H,1-2,11-19H2,3-8H3. The van der Waals surface area contributed by atoms with Gasteiger partial charge in [-0.25, -0.2) is 9.59 Å². The lowest BCUT2D eigenvalue weighted by atomic mass is 9.64. The maximum absolute atomic E-state index is 15.5.